The number of aliphatic imine (C=N–C) groups is 1. The van der Waals surface area contributed by atoms with Crippen LogP contribution in [-0.2, 0) is 30.1 Å². The van der Waals surface area contributed by atoms with E-state index in [0.717, 1.165) is 41.8 Å². The summed E-state index contributed by atoms with van der Waals surface area (Å²) in [5.74, 6) is -1.57. The number of benzene rings is 2. The largest absolute Gasteiger partial charge is 0.422 e. The molecule has 4 heterocycles. The molecule has 0 N–H and O–H groups in total. The molecule has 1 saturated heterocycles. The van der Waals surface area contributed by atoms with E-state index >= 15 is 0 Å². The molecule has 2 aromatic carbocycles. The smallest absolute Gasteiger partial charge is 0.346 e. The van der Waals surface area contributed by atoms with E-state index < -0.39 is 23.4 Å². The van der Waals surface area contributed by atoms with E-state index in [4.69, 9.17) is 14.2 Å². The van der Waals surface area contributed by atoms with Crippen LogP contribution in [0.3, 0.4) is 0 Å². The van der Waals surface area contributed by atoms with Gasteiger partial charge in [0.1, 0.15) is 10.6 Å². The minimum atomic E-state index is -0.600. The van der Waals surface area contributed by atoms with Crippen molar-refractivity contribution < 1.29 is 23.6 Å². The van der Waals surface area contributed by atoms with Crippen LogP contribution in [0.15, 0.2) is 61.6 Å². The Labute approximate surface area is 273 Å². The summed E-state index contributed by atoms with van der Waals surface area (Å²) in [6.07, 6.45) is 4.19. The molecule has 242 valence electrons. The highest BCUT2D eigenvalue weighted by Crippen LogP contribution is 2.51. The molecule has 3 aliphatic heterocycles. The lowest BCUT2D eigenvalue weighted by molar-refractivity contribution is -0.197. The maximum Gasteiger partial charge on any atom is 0.346 e. The number of unbranched alkanes of at least 4 members (excludes halogenated alkanes) is 2. The summed E-state index contributed by atoms with van der Waals surface area (Å²) in [7, 11) is 0. The van der Waals surface area contributed by atoms with E-state index in [2.05, 4.69) is 38.7 Å². The average Bonchev–Trinajstić information content (AvgIpc) is 3.33. The van der Waals surface area contributed by atoms with Gasteiger partial charge in [0.2, 0.25) is 0 Å². The van der Waals surface area contributed by atoms with Crippen LogP contribution in [0.25, 0.3) is 11.0 Å². The number of imide groups is 1. The second-order valence-corrected chi connectivity index (χ2v) is 14.8. The number of nitrogens with zero attached hydrogens (tertiary/aromatic N) is 3. The summed E-state index contributed by atoms with van der Waals surface area (Å²) < 4.78 is 6.25. The summed E-state index contributed by atoms with van der Waals surface area (Å²) in [6.45, 7) is 11.6. The molecule has 3 aromatic rings. The van der Waals surface area contributed by atoms with Crippen LogP contribution in [-0.4, -0.2) is 47.5 Å². The first kappa shape index (κ1) is 32.0. The molecule has 0 aliphatic carbocycles. The van der Waals surface area contributed by atoms with Crippen LogP contribution >= 0.6 is 11.8 Å². The summed E-state index contributed by atoms with van der Waals surface area (Å²) in [5, 5.41) is 2.10. The Hall–Kier alpha value is -3.92. The number of hydroxylamine groups is 2. The maximum absolute atomic E-state index is 13.8. The zero-order chi connectivity index (χ0) is 32.6. The van der Waals surface area contributed by atoms with Gasteiger partial charge in [-0.05, 0) is 66.3 Å². The van der Waals surface area contributed by atoms with Crippen LogP contribution in [0.2, 0.25) is 0 Å². The number of carbonyl (C=O) groups is 3. The molecule has 0 bridgehead atoms. The van der Waals surface area contributed by atoms with Gasteiger partial charge in [-0.2, -0.15) is 0 Å². The van der Waals surface area contributed by atoms with Crippen molar-refractivity contribution in [3.05, 3.63) is 69.6 Å². The number of rotatable bonds is 9. The molecule has 1 fully saturated rings. The second-order valence-electron chi connectivity index (χ2n) is 13.7. The Balaban J connectivity index is 1.25. The number of fused-ring (bicyclic) bond motifs is 2. The van der Waals surface area contributed by atoms with Gasteiger partial charge in [0.15, 0.2) is 0 Å². The lowest BCUT2D eigenvalue weighted by atomic mass is 9.69. The predicted molar refractivity (Wildman–Crippen MR) is 179 cm³/mol. The molecule has 0 atom stereocenters. The Morgan fingerprint density at radius 2 is 1.63 bits per heavy atom. The zero-order valence-corrected chi connectivity index (χ0v) is 27.8. The first-order valence-corrected chi connectivity index (χ1v) is 17.0. The highest BCUT2D eigenvalue weighted by Gasteiger charge is 2.42. The normalized spacial score (nSPS) is 18.7. The zero-order valence-electron chi connectivity index (χ0n) is 27.0. The van der Waals surface area contributed by atoms with Gasteiger partial charge in [-0.3, -0.25) is 14.6 Å². The first-order chi connectivity index (χ1) is 21.9. The van der Waals surface area contributed by atoms with Crippen LogP contribution in [0.5, 0.6) is 0 Å². The van der Waals surface area contributed by atoms with Gasteiger partial charge in [0, 0.05) is 60.4 Å². The molecule has 0 unspecified atom stereocenters. The van der Waals surface area contributed by atoms with Gasteiger partial charge in [-0.25, -0.2) is 9.59 Å². The molecule has 2 amide bonds. The SMILES string of the molecule is CC1(C)CCN2CCC(C)(C)c3c2c1cc1cc(/C(=N\CCCCCC(=O)ON2C(=O)CCC2=O)Sc2ccccc2)c(=O)oc31. The van der Waals surface area contributed by atoms with Crippen LogP contribution in [0, 0.1) is 0 Å². The van der Waals surface area contributed by atoms with Crippen molar-refractivity contribution in [3.63, 3.8) is 0 Å². The highest BCUT2D eigenvalue weighted by molar-refractivity contribution is 8.14. The highest BCUT2D eigenvalue weighted by atomic mass is 32.2. The van der Waals surface area contributed by atoms with Gasteiger partial charge in [0.25, 0.3) is 11.8 Å². The van der Waals surface area contributed by atoms with Gasteiger partial charge in [0.05, 0.1) is 5.56 Å². The predicted octanol–water partition coefficient (Wildman–Crippen LogP) is 6.67. The molecule has 46 heavy (non-hydrogen) atoms. The van der Waals surface area contributed by atoms with Gasteiger partial charge in [-0.15, -0.1) is 5.06 Å². The lowest BCUT2D eigenvalue weighted by Gasteiger charge is -2.48. The number of thioether (sulfide) groups is 1. The van der Waals surface area contributed by atoms with Gasteiger partial charge < -0.3 is 14.2 Å². The number of amides is 2. The number of anilines is 1. The minimum Gasteiger partial charge on any atom is -0.422 e. The maximum atomic E-state index is 13.8. The summed E-state index contributed by atoms with van der Waals surface area (Å²) in [5.41, 5.74) is 4.26. The monoisotopic (exact) mass is 643 g/mol. The number of carbonyl (C=O) groups excluding carboxylic acids is 3. The van der Waals surface area contributed by atoms with Crippen molar-refractivity contribution in [2.75, 3.05) is 24.5 Å². The molecule has 1 aromatic heterocycles. The third kappa shape index (κ3) is 6.36. The molecule has 0 radical (unpaired) electrons. The van der Waals surface area contributed by atoms with Crippen molar-refractivity contribution >= 4 is 51.2 Å². The Bertz CT molecular complexity index is 1760. The molecular weight excluding hydrogens is 602 g/mol. The van der Waals surface area contributed by atoms with Crippen LogP contribution < -0.4 is 10.5 Å². The standard InChI is InChI=1S/C36H41N3O6S/c1-35(2)16-19-38-20-17-36(3,4)30-31(38)26(35)22-23-21-25(34(43)44-32(23)30)33(46-24-11-7-5-8-12-24)37-18-10-6-9-13-29(42)45-39-27(40)14-15-28(39)41/h5,7-8,11-12,21-22H,6,9-10,13-20H2,1-4H3/b37-33+. The average molecular weight is 644 g/mol. The lowest BCUT2D eigenvalue weighted by Crippen LogP contribution is -2.44. The number of hydrogen-bond donors (Lipinski definition) is 0. The Morgan fingerprint density at radius 3 is 2.35 bits per heavy atom. The molecule has 9 nitrogen and oxygen atoms in total. The van der Waals surface area contributed by atoms with Crippen molar-refractivity contribution in [2.45, 2.75) is 94.8 Å². The molecule has 0 spiro atoms. The Morgan fingerprint density at radius 1 is 0.935 bits per heavy atom. The van der Waals surface area contributed by atoms with Gasteiger partial charge >= 0.3 is 11.6 Å². The Kier molecular flexibility index (Phi) is 8.85. The summed E-state index contributed by atoms with van der Waals surface area (Å²) >= 11 is 1.44. The third-order valence-electron chi connectivity index (χ3n) is 9.41. The fourth-order valence-electron chi connectivity index (χ4n) is 6.62. The van der Waals surface area contributed by atoms with Gasteiger partial charge in [-0.1, -0.05) is 64.1 Å². The van der Waals surface area contributed by atoms with Crippen molar-refractivity contribution in [3.8, 4) is 0 Å². The fraction of sp³-hybridized carbons (Fsp3) is 0.472. The van der Waals surface area contributed by atoms with Crippen LogP contribution in [0.4, 0.5) is 5.69 Å². The minimum absolute atomic E-state index is 0.000158. The quantitative estimate of drug-likeness (QED) is 0.0635. The molecule has 10 heteroatoms. The summed E-state index contributed by atoms with van der Waals surface area (Å²) in [4.78, 5) is 62.6. The second kappa shape index (κ2) is 12.7. The van der Waals surface area contributed by atoms with Crippen LogP contribution in [0.1, 0.15) is 95.8 Å². The molecule has 6 rings (SSSR count). The topological polar surface area (TPSA) is 109 Å². The van der Waals surface area contributed by atoms with E-state index in [9.17, 15) is 19.2 Å². The van der Waals surface area contributed by atoms with E-state index in [1.165, 1.54) is 23.0 Å². The van der Waals surface area contributed by atoms with E-state index in [0.29, 0.717) is 47.1 Å². The molecular formula is C36H41N3O6S. The number of hydrogen-bond acceptors (Lipinski definition) is 9. The first-order valence-electron chi connectivity index (χ1n) is 16.2. The third-order valence-corrected chi connectivity index (χ3v) is 10.5. The molecule has 0 saturated carbocycles. The van der Waals surface area contributed by atoms with E-state index in [1.807, 2.05) is 36.4 Å². The summed E-state index contributed by atoms with van der Waals surface area (Å²) in [6, 6.07) is 14.0. The van der Waals surface area contributed by atoms with Crippen molar-refractivity contribution in [1.82, 2.24) is 5.06 Å². The van der Waals surface area contributed by atoms with Crippen molar-refractivity contribution in [1.29, 1.82) is 0 Å². The van der Waals surface area contributed by atoms with Crippen molar-refractivity contribution in [2.24, 2.45) is 4.99 Å². The fourth-order valence-corrected chi connectivity index (χ4v) is 7.54. The van der Waals surface area contributed by atoms with E-state index in [1.54, 1.807) is 0 Å². The molecule has 3 aliphatic rings. The van der Waals surface area contributed by atoms with E-state index in [-0.39, 0.29) is 30.1 Å².